The van der Waals surface area contributed by atoms with Crippen LogP contribution in [0.3, 0.4) is 0 Å². The lowest BCUT2D eigenvalue weighted by molar-refractivity contribution is -0.118. The van der Waals surface area contributed by atoms with E-state index in [2.05, 4.69) is 15.5 Å². The summed E-state index contributed by atoms with van der Waals surface area (Å²) in [4.78, 5) is 11.7. The zero-order valence-corrected chi connectivity index (χ0v) is 11.0. The van der Waals surface area contributed by atoms with Gasteiger partial charge in [-0.3, -0.25) is 9.89 Å². The largest absolute Gasteiger partial charge is 0.383 e. The van der Waals surface area contributed by atoms with Crippen LogP contribution in [0.25, 0.3) is 0 Å². The summed E-state index contributed by atoms with van der Waals surface area (Å²) < 4.78 is 10.2. The maximum Gasteiger partial charge on any atom is 0.244 e. The predicted octanol–water partition coefficient (Wildman–Crippen LogP) is 0.216. The quantitative estimate of drug-likeness (QED) is 0.708. The fraction of sp³-hybridized carbons (Fsp3) is 0.667. The number of aromatic nitrogens is 2. The standard InChI is InChI=1S/C12H20N4O3/c1-18-7-9(13)12(17)14-11-6-10(15-16-11)8-2-4-19-5-3-8/h6,8-9H,2-5,7,13H2,1H3,(H2,14,15,16,17). The first kappa shape index (κ1) is 14.0. The number of amides is 1. The van der Waals surface area contributed by atoms with Gasteiger partial charge in [0.1, 0.15) is 6.04 Å². The summed E-state index contributed by atoms with van der Waals surface area (Å²) in [5.41, 5.74) is 6.66. The van der Waals surface area contributed by atoms with Crippen LogP contribution < -0.4 is 11.1 Å². The lowest BCUT2D eigenvalue weighted by Crippen LogP contribution is -2.39. The van der Waals surface area contributed by atoms with Gasteiger partial charge in [0.2, 0.25) is 5.91 Å². The number of carbonyl (C=O) groups is 1. The first-order valence-electron chi connectivity index (χ1n) is 6.39. The van der Waals surface area contributed by atoms with Gasteiger partial charge in [0.25, 0.3) is 0 Å². The number of nitrogens with two attached hydrogens (primary N) is 1. The van der Waals surface area contributed by atoms with E-state index in [-0.39, 0.29) is 12.5 Å². The lowest BCUT2D eigenvalue weighted by Gasteiger charge is -2.20. The zero-order valence-electron chi connectivity index (χ0n) is 11.0. The fourth-order valence-electron chi connectivity index (χ4n) is 2.09. The van der Waals surface area contributed by atoms with Crippen molar-refractivity contribution in [2.45, 2.75) is 24.8 Å². The van der Waals surface area contributed by atoms with Crippen molar-refractivity contribution in [1.29, 1.82) is 0 Å². The summed E-state index contributed by atoms with van der Waals surface area (Å²) in [5.74, 6) is 0.615. The van der Waals surface area contributed by atoms with Crippen LogP contribution in [-0.4, -0.2) is 49.1 Å². The number of hydrogen-bond acceptors (Lipinski definition) is 5. The molecule has 7 heteroatoms. The number of carbonyl (C=O) groups excluding carboxylic acids is 1. The van der Waals surface area contributed by atoms with Crippen molar-refractivity contribution in [3.05, 3.63) is 11.8 Å². The van der Waals surface area contributed by atoms with E-state index in [0.29, 0.717) is 11.7 Å². The van der Waals surface area contributed by atoms with E-state index in [4.69, 9.17) is 15.2 Å². The minimum absolute atomic E-state index is 0.184. The molecule has 1 aliphatic rings. The van der Waals surface area contributed by atoms with Gasteiger partial charge in [-0.1, -0.05) is 0 Å². The van der Waals surface area contributed by atoms with Gasteiger partial charge in [0, 0.05) is 38.0 Å². The Morgan fingerprint density at radius 1 is 1.68 bits per heavy atom. The summed E-state index contributed by atoms with van der Waals surface area (Å²) in [5, 5.41) is 9.71. The third-order valence-corrected chi connectivity index (χ3v) is 3.19. The van der Waals surface area contributed by atoms with Crippen molar-refractivity contribution >= 4 is 11.7 Å². The van der Waals surface area contributed by atoms with E-state index in [9.17, 15) is 4.79 Å². The second-order valence-corrected chi connectivity index (χ2v) is 4.65. The Hall–Kier alpha value is -1.44. The Kier molecular flexibility index (Phi) is 4.89. The Morgan fingerprint density at radius 2 is 2.42 bits per heavy atom. The molecule has 106 valence electrons. The number of hydrogen-bond donors (Lipinski definition) is 3. The minimum Gasteiger partial charge on any atom is -0.383 e. The fourth-order valence-corrected chi connectivity index (χ4v) is 2.09. The Morgan fingerprint density at radius 3 is 3.11 bits per heavy atom. The van der Waals surface area contributed by atoms with Gasteiger partial charge in [-0.2, -0.15) is 5.10 Å². The van der Waals surface area contributed by atoms with E-state index < -0.39 is 6.04 Å². The first-order valence-corrected chi connectivity index (χ1v) is 6.39. The molecule has 1 fully saturated rings. The smallest absolute Gasteiger partial charge is 0.244 e. The molecule has 0 aromatic carbocycles. The highest BCUT2D eigenvalue weighted by Gasteiger charge is 2.19. The monoisotopic (exact) mass is 268 g/mol. The number of nitrogens with zero attached hydrogens (tertiary/aromatic N) is 1. The van der Waals surface area contributed by atoms with Crippen molar-refractivity contribution in [3.8, 4) is 0 Å². The van der Waals surface area contributed by atoms with Crippen molar-refractivity contribution < 1.29 is 14.3 Å². The van der Waals surface area contributed by atoms with Crippen LogP contribution >= 0.6 is 0 Å². The van der Waals surface area contributed by atoms with Gasteiger partial charge in [-0.25, -0.2) is 0 Å². The van der Waals surface area contributed by atoms with Crippen molar-refractivity contribution in [2.24, 2.45) is 5.73 Å². The maximum atomic E-state index is 11.7. The van der Waals surface area contributed by atoms with Crippen LogP contribution in [0.5, 0.6) is 0 Å². The highest BCUT2D eigenvalue weighted by molar-refractivity contribution is 5.93. The number of aromatic amines is 1. The highest BCUT2D eigenvalue weighted by atomic mass is 16.5. The molecule has 2 rings (SSSR count). The molecule has 0 spiro atoms. The summed E-state index contributed by atoms with van der Waals surface area (Å²) in [6, 6.07) is 1.17. The molecule has 19 heavy (non-hydrogen) atoms. The summed E-state index contributed by atoms with van der Waals surface area (Å²) >= 11 is 0. The van der Waals surface area contributed by atoms with Crippen LogP contribution in [0.1, 0.15) is 24.5 Å². The third-order valence-electron chi connectivity index (χ3n) is 3.19. The molecule has 2 heterocycles. The molecular weight excluding hydrogens is 248 g/mol. The SMILES string of the molecule is COCC(N)C(=O)Nc1cc(C2CCOCC2)[nH]n1. The summed E-state index contributed by atoms with van der Waals surface area (Å²) in [6.07, 6.45) is 1.94. The van der Waals surface area contributed by atoms with E-state index in [1.165, 1.54) is 7.11 Å². The van der Waals surface area contributed by atoms with E-state index >= 15 is 0 Å². The summed E-state index contributed by atoms with van der Waals surface area (Å²) in [7, 11) is 1.50. The normalized spacial score (nSPS) is 18.2. The van der Waals surface area contributed by atoms with E-state index in [1.807, 2.05) is 6.07 Å². The van der Waals surface area contributed by atoms with Crippen LogP contribution in [0, 0.1) is 0 Å². The van der Waals surface area contributed by atoms with Crippen LogP contribution in [-0.2, 0) is 14.3 Å². The molecule has 4 N–H and O–H groups in total. The molecule has 1 aliphatic heterocycles. The van der Waals surface area contributed by atoms with Crippen LogP contribution in [0.15, 0.2) is 6.07 Å². The van der Waals surface area contributed by atoms with Gasteiger partial charge in [0.15, 0.2) is 5.82 Å². The summed E-state index contributed by atoms with van der Waals surface area (Å²) in [6.45, 7) is 1.72. The predicted molar refractivity (Wildman–Crippen MR) is 69.9 cm³/mol. The average molecular weight is 268 g/mol. The van der Waals surface area contributed by atoms with Gasteiger partial charge < -0.3 is 20.5 Å². The van der Waals surface area contributed by atoms with Crippen molar-refractivity contribution in [2.75, 3.05) is 32.2 Å². The molecule has 1 saturated heterocycles. The van der Waals surface area contributed by atoms with Crippen LogP contribution in [0.2, 0.25) is 0 Å². The molecule has 1 aromatic heterocycles. The second-order valence-electron chi connectivity index (χ2n) is 4.65. The molecule has 0 aliphatic carbocycles. The molecule has 0 saturated carbocycles. The molecule has 1 atom stereocenters. The van der Waals surface area contributed by atoms with Crippen molar-refractivity contribution in [1.82, 2.24) is 10.2 Å². The second kappa shape index (κ2) is 6.65. The van der Waals surface area contributed by atoms with Gasteiger partial charge in [-0.05, 0) is 12.8 Å². The highest BCUT2D eigenvalue weighted by Crippen LogP contribution is 2.26. The minimum atomic E-state index is -0.687. The van der Waals surface area contributed by atoms with E-state index in [0.717, 1.165) is 31.7 Å². The molecule has 0 bridgehead atoms. The maximum absolute atomic E-state index is 11.7. The third kappa shape index (κ3) is 3.76. The van der Waals surface area contributed by atoms with Crippen LogP contribution in [0.4, 0.5) is 5.82 Å². The molecule has 0 radical (unpaired) electrons. The van der Waals surface area contributed by atoms with Gasteiger partial charge in [-0.15, -0.1) is 0 Å². The van der Waals surface area contributed by atoms with Crippen molar-refractivity contribution in [3.63, 3.8) is 0 Å². The lowest BCUT2D eigenvalue weighted by atomic mass is 9.97. The molecule has 1 unspecified atom stereocenters. The number of methoxy groups -OCH3 is 1. The van der Waals surface area contributed by atoms with Gasteiger partial charge >= 0.3 is 0 Å². The Labute approximate surface area is 111 Å². The van der Waals surface area contributed by atoms with Gasteiger partial charge in [0.05, 0.1) is 6.61 Å². The Balaban J connectivity index is 1.91. The van der Waals surface area contributed by atoms with E-state index in [1.54, 1.807) is 0 Å². The molecule has 1 amide bonds. The number of nitrogens with one attached hydrogen (secondary N) is 2. The molecular formula is C12H20N4O3. The zero-order chi connectivity index (χ0) is 13.7. The topological polar surface area (TPSA) is 102 Å². The number of rotatable bonds is 5. The number of ether oxygens (including phenoxy) is 2. The molecule has 7 nitrogen and oxygen atoms in total. The number of anilines is 1. The molecule has 1 aromatic rings. The average Bonchev–Trinajstić information content (AvgIpc) is 2.88. The first-order chi connectivity index (χ1) is 9.20. The Bertz CT molecular complexity index is 415. The number of H-pyrrole nitrogens is 1.